The Balaban J connectivity index is 2.87. The van der Waals surface area contributed by atoms with E-state index in [0.29, 0.717) is 10.4 Å². The van der Waals surface area contributed by atoms with Gasteiger partial charge in [0, 0.05) is 6.07 Å². The molecule has 0 fully saturated rings. The van der Waals surface area contributed by atoms with Gasteiger partial charge < -0.3 is 11.5 Å². The summed E-state index contributed by atoms with van der Waals surface area (Å²) in [6.07, 6.45) is 0. The fourth-order valence-electron chi connectivity index (χ4n) is 1.18. The Morgan fingerprint density at radius 1 is 1.43 bits per heavy atom. The highest BCUT2D eigenvalue weighted by atomic mass is 32.1. The minimum absolute atomic E-state index is 0.0675. The molecule has 1 heterocycles. The molecule has 0 bridgehead atoms. The number of aromatic nitrogens is 1. The number of anilines is 2. The number of thiazole rings is 1. The van der Waals surface area contributed by atoms with Crippen molar-refractivity contribution in [1.29, 1.82) is 0 Å². The molecule has 72 valence electrons. The zero-order chi connectivity index (χ0) is 10.3. The van der Waals surface area contributed by atoms with Gasteiger partial charge in [-0.2, -0.15) is 0 Å². The first-order valence-corrected chi connectivity index (χ1v) is 4.50. The van der Waals surface area contributed by atoms with Gasteiger partial charge in [0.15, 0.2) is 10.6 Å². The van der Waals surface area contributed by atoms with Gasteiger partial charge in [0.25, 0.3) is 5.69 Å². The largest absolute Gasteiger partial charge is 0.398 e. The number of nitrogens with zero attached hydrogens (tertiary/aromatic N) is 2. The van der Waals surface area contributed by atoms with Crippen LogP contribution in [0, 0.1) is 10.1 Å². The van der Waals surface area contributed by atoms with Gasteiger partial charge in [0.2, 0.25) is 0 Å². The molecule has 0 aliphatic carbocycles. The summed E-state index contributed by atoms with van der Waals surface area (Å²) < 4.78 is 0.566. The normalized spacial score (nSPS) is 10.6. The van der Waals surface area contributed by atoms with Crippen LogP contribution in [0.15, 0.2) is 12.1 Å². The van der Waals surface area contributed by atoms with Crippen LogP contribution in [0.5, 0.6) is 0 Å². The van der Waals surface area contributed by atoms with Gasteiger partial charge in [-0.3, -0.25) is 10.1 Å². The first-order valence-electron chi connectivity index (χ1n) is 3.68. The SMILES string of the molecule is Nc1nc2c([N+](=O)[O-])ccc(N)c2s1. The molecule has 0 amide bonds. The highest BCUT2D eigenvalue weighted by Crippen LogP contribution is 2.34. The monoisotopic (exact) mass is 210 g/mol. The summed E-state index contributed by atoms with van der Waals surface area (Å²) in [5, 5.41) is 10.9. The molecule has 0 saturated carbocycles. The molecular formula is C7H6N4O2S. The lowest BCUT2D eigenvalue weighted by Gasteiger charge is -1.94. The second-order valence-electron chi connectivity index (χ2n) is 2.66. The maximum Gasteiger partial charge on any atom is 0.296 e. The van der Waals surface area contributed by atoms with E-state index in [4.69, 9.17) is 11.5 Å². The Labute approximate surface area is 82.3 Å². The van der Waals surface area contributed by atoms with Crippen molar-refractivity contribution in [3.8, 4) is 0 Å². The van der Waals surface area contributed by atoms with Gasteiger partial charge in [-0.15, -0.1) is 0 Å². The molecule has 0 saturated heterocycles. The fraction of sp³-hybridized carbons (Fsp3) is 0. The van der Waals surface area contributed by atoms with E-state index in [1.807, 2.05) is 0 Å². The second-order valence-corrected chi connectivity index (χ2v) is 3.69. The summed E-state index contributed by atoms with van der Waals surface area (Å²) in [5.74, 6) is 0. The Bertz CT molecular complexity index is 522. The Hall–Kier alpha value is -1.89. The number of hydrogen-bond acceptors (Lipinski definition) is 6. The summed E-state index contributed by atoms with van der Waals surface area (Å²) >= 11 is 1.15. The number of nitro groups is 1. The summed E-state index contributed by atoms with van der Waals surface area (Å²) in [7, 11) is 0. The zero-order valence-electron chi connectivity index (χ0n) is 6.93. The van der Waals surface area contributed by atoms with Crippen molar-refractivity contribution in [1.82, 2.24) is 4.98 Å². The number of rotatable bonds is 1. The predicted octanol–water partition coefficient (Wildman–Crippen LogP) is 1.37. The van der Waals surface area contributed by atoms with Crippen molar-refractivity contribution in [3.63, 3.8) is 0 Å². The van der Waals surface area contributed by atoms with E-state index in [1.54, 1.807) is 0 Å². The van der Waals surface area contributed by atoms with Crippen molar-refractivity contribution in [2.75, 3.05) is 11.5 Å². The number of nitrogen functional groups attached to an aromatic ring is 2. The van der Waals surface area contributed by atoms with Crippen LogP contribution in [0.25, 0.3) is 10.2 Å². The van der Waals surface area contributed by atoms with Gasteiger partial charge in [0.05, 0.1) is 15.3 Å². The molecule has 1 aromatic carbocycles. The third kappa shape index (κ3) is 1.14. The molecule has 0 aliphatic heterocycles. The number of hydrogen-bond donors (Lipinski definition) is 2. The standard InChI is InChI=1S/C7H6N4O2S/c8-3-1-2-4(11(12)13)5-6(3)14-7(9)10-5/h1-2H,8H2,(H2,9,10). The molecule has 1 aromatic heterocycles. The Kier molecular flexibility index (Phi) is 1.74. The van der Waals surface area contributed by atoms with Crippen molar-refractivity contribution in [2.45, 2.75) is 0 Å². The van der Waals surface area contributed by atoms with E-state index < -0.39 is 4.92 Å². The number of benzene rings is 1. The van der Waals surface area contributed by atoms with Crippen molar-refractivity contribution in [2.24, 2.45) is 0 Å². The molecule has 0 spiro atoms. The molecule has 0 radical (unpaired) electrons. The summed E-state index contributed by atoms with van der Waals surface area (Å²) in [6.45, 7) is 0. The predicted molar refractivity (Wildman–Crippen MR) is 55.1 cm³/mol. The highest BCUT2D eigenvalue weighted by Gasteiger charge is 2.17. The van der Waals surface area contributed by atoms with Crippen LogP contribution in [0.1, 0.15) is 0 Å². The molecular weight excluding hydrogens is 204 g/mol. The number of non-ortho nitro benzene ring substituents is 1. The van der Waals surface area contributed by atoms with Gasteiger partial charge >= 0.3 is 0 Å². The first-order chi connectivity index (χ1) is 6.59. The van der Waals surface area contributed by atoms with Crippen LogP contribution < -0.4 is 11.5 Å². The van der Waals surface area contributed by atoms with Crippen molar-refractivity contribution < 1.29 is 4.92 Å². The van der Waals surface area contributed by atoms with Crippen LogP contribution in [0.4, 0.5) is 16.5 Å². The summed E-state index contributed by atoms with van der Waals surface area (Å²) in [4.78, 5) is 14.0. The lowest BCUT2D eigenvalue weighted by Crippen LogP contribution is -1.92. The molecule has 7 heteroatoms. The quantitative estimate of drug-likeness (QED) is 0.419. The molecule has 0 aliphatic rings. The van der Waals surface area contributed by atoms with Crippen LogP contribution in [-0.2, 0) is 0 Å². The van der Waals surface area contributed by atoms with E-state index in [9.17, 15) is 10.1 Å². The fourth-order valence-corrected chi connectivity index (χ4v) is 1.96. The molecule has 4 N–H and O–H groups in total. The van der Waals surface area contributed by atoms with E-state index in [1.165, 1.54) is 12.1 Å². The third-order valence-electron chi connectivity index (χ3n) is 1.77. The van der Waals surface area contributed by atoms with Crippen molar-refractivity contribution in [3.05, 3.63) is 22.2 Å². The van der Waals surface area contributed by atoms with Gasteiger partial charge in [-0.05, 0) is 6.07 Å². The topological polar surface area (TPSA) is 108 Å². The van der Waals surface area contributed by atoms with Crippen LogP contribution in [0.3, 0.4) is 0 Å². The number of fused-ring (bicyclic) bond motifs is 1. The zero-order valence-corrected chi connectivity index (χ0v) is 7.75. The highest BCUT2D eigenvalue weighted by molar-refractivity contribution is 7.22. The van der Waals surface area contributed by atoms with Gasteiger partial charge in [-0.25, -0.2) is 4.98 Å². The van der Waals surface area contributed by atoms with E-state index >= 15 is 0 Å². The number of nitro benzene ring substituents is 1. The average Bonchev–Trinajstić information content (AvgIpc) is 2.47. The van der Waals surface area contributed by atoms with Crippen LogP contribution in [-0.4, -0.2) is 9.91 Å². The molecule has 6 nitrogen and oxygen atoms in total. The second kappa shape index (κ2) is 2.81. The molecule has 0 unspecified atom stereocenters. The average molecular weight is 210 g/mol. The maximum absolute atomic E-state index is 10.6. The van der Waals surface area contributed by atoms with E-state index in [2.05, 4.69) is 4.98 Å². The Morgan fingerprint density at radius 2 is 2.14 bits per heavy atom. The molecule has 14 heavy (non-hydrogen) atoms. The van der Waals surface area contributed by atoms with E-state index in [0.717, 1.165) is 11.3 Å². The smallest absolute Gasteiger partial charge is 0.296 e. The Morgan fingerprint density at radius 3 is 2.79 bits per heavy atom. The summed E-state index contributed by atoms with van der Waals surface area (Å²) in [5.41, 5.74) is 11.7. The van der Waals surface area contributed by atoms with Crippen LogP contribution >= 0.6 is 11.3 Å². The molecule has 2 aromatic rings. The van der Waals surface area contributed by atoms with Gasteiger partial charge in [0.1, 0.15) is 0 Å². The minimum atomic E-state index is -0.499. The number of nitrogens with two attached hydrogens (primary N) is 2. The van der Waals surface area contributed by atoms with E-state index in [-0.39, 0.29) is 16.3 Å². The maximum atomic E-state index is 10.6. The minimum Gasteiger partial charge on any atom is -0.398 e. The molecule has 0 atom stereocenters. The van der Waals surface area contributed by atoms with Crippen LogP contribution in [0.2, 0.25) is 0 Å². The molecule has 2 rings (SSSR count). The summed E-state index contributed by atoms with van der Waals surface area (Å²) in [6, 6.07) is 2.81. The lowest BCUT2D eigenvalue weighted by atomic mass is 10.2. The van der Waals surface area contributed by atoms with Crippen molar-refractivity contribution >= 4 is 38.1 Å². The lowest BCUT2D eigenvalue weighted by molar-refractivity contribution is -0.383. The third-order valence-corrected chi connectivity index (χ3v) is 2.70. The van der Waals surface area contributed by atoms with Gasteiger partial charge in [-0.1, -0.05) is 11.3 Å². The first kappa shape index (κ1) is 8.70.